The van der Waals surface area contributed by atoms with Gasteiger partial charge in [-0.1, -0.05) is 11.8 Å². The Morgan fingerprint density at radius 2 is 2.32 bits per heavy atom. The molecule has 106 valence electrons. The fourth-order valence-electron chi connectivity index (χ4n) is 2.49. The highest BCUT2D eigenvalue weighted by molar-refractivity contribution is 7.99. The first-order valence-electron chi connectivity index (χ1n) is 6.49. The second kappa shape index (κ2) is 6.38. The molecule has 7 heteroatoms. The molecule has 2 rings (SSSR count). The van der Waals surface area contributed by atoms with Crippen LogP contribution in [-0.4, -0.2) is 56.6 Å². The van der Waals surface area contributed by atoms with Gasteiger partial charge in [-0.3, -0.25) is 4.79 Å². The highest BCUT2D eigenvalue weighted by Gasteiger charge is 2.20. The number of hydrogen-bond donors (Lipinski definition) is 1. The lowest BCUT2D eigenvalue weighted by Gasteiger charge is -2.30. The van der Waals surface area contributed by atoms with Crippen molar-refractivity contribution in [3.05, 3.63) is 5.82 Å². The van der Waals surface area contributed by atoms with Crippen LogP contribution in [0.15, 0.2) is 5.16 Å². The van der Waals surface area contributed by atoms with Gasteiger partial charge in [-0.15, -0.1) is 10.2 Å². The number of rotatable bonds is 5. The van der Waals surface area contributed by atoms with Crippen LogP contribution in [0.1, 0.15) is 18.7 Å². The maximum atomic E-state index is 10.6. The molecule has 1 aliphatic heterocycles. The largest absolute Gasteiger partial charge is 0.481 e. The molecule has 0 spiro atoms. The molecule has 1 atom stereocenters. The number of aliphatic carboxylic acids is 1. The number of carbonyl (C=O) groups is 1. The zero-order valence-electron chi connectivity index (χ0n) is 11.4. The highest BCUT2D eigenvalue weighted by Crippen LogP contribution is 2.22. The molecular formula is C12H20N4O2S. The van der Waals surface area contributed by atoms with E-state index >= 15 is 0 Å². The third-order valence-electron chi connectivity index (χ3n) is 3.39. The first-order valence-corrected chi connectivity index (χ1v) is 7.47. The van der Waals surface area contributed by atoms with E-state index in [1.807, 2.05) is 6.92 Å². The van der Waals surface area contributed by atoms with Crippen LogP contribution in [0.3, 0.4) is 0 Å². The zero-order chi connectivity index (χ0) is 13.8. The molecule has 6 nitrogen and oxygen atoms in total. The van der Waals surface area contributed by atoms with E-state index in [4.69, 9.17) is 5.11 Å². The SMILES string of the molecule is Cc1nnc(SCC(=O)O)n1CC1CCCN(C)C1. The fraction of sp³-hybridized carbons (Fsp3) is 0.750. The van der Waals surface area contributed by atoms with E-state index in [0.29, 0.717) is 11.1 Å². The Kier molecular flexibility index (Phi) is 4.81. The van der Waals surface area contributed by atoms with Crippen LogP contribution in [0.5, 0.6) is 0 Å². The standard InChI is InChI=1S/C12H20N4O2S/c1-9-13-14-12(19-8-11(17)18)16(9)7-10-4-3-5-15(2)6-10/h10H,3-8H2,1-2H3,(H,17,18). The fourth-order valence-corrected chi connectivity index (χ4v) is 3.20. The van der Waals surface area contributed by atoms with Crippen LogP contribution in [0.4, 0.5) is 0 Å². The minimum atomic E-state index is -0.824. The van der Waals surface area contributed by atoms with E-state index in [2.05, 4.69) is 26.7 Å². The van der Waals surface area contributed by atoms with E-state index in [1.165, 1.54) is 24.6 Å². The average molecular weight is 284 g/mol. The summed E-state index contributed by atoms with van der Waals surface area (Å²) in [6, 6.07) is 0. The van der Waals surface area contributed by atoms with Crippen LogP contribution in [0.25, 0.3) is 0 Å². The number of likely N-dealkylation sites (tertiary alicyclic amines) is 1. The van der Waals surface area contributed by atoms with Gasteiger partial charge in [0.2, 0.25) is 0 Å². The van der Waals surface area contributed by atoms with Crippen molar-refractivity contribution in [1.82, 2.24) is 19.7 Å². The lowest BCUT2D eigenvalue weighted by atomic mass is 9.98. The van der Waals surface area contributed by atoms with Crippen molar-refractivity contribution in [1.29, 1.82) is 0 Å². The number of thioether (sulfide) groups is 1. The molecule has 0 saturated carbocycles. The van der Waals surface area contributed by atoms with Gasteiger partial charge in [0.05, 0.1) is 5.75 Å². The Morgan fingerprint density at radius 3 is 3.00 bits per heavy atom. The second-order valence-electron chi connectivity index (χ2n) is 5.09. The molecule has 1 N–H and O–H groups in total. The summed E-state index contributed by atoms with van der Waals surface area (Å²) in [7, 11) is 2.14. The Labute approximate surface area is 117 Å². The van der Waals surface area contributed by atoms with Crippen molar-refractivity contribution in [2.24, 2.45) is 5.92 Å². The Hall–Kier alpha value is -1.08. The Morgan fingerprint density at radius 1 is 1.53 bits per heavy atom. The van der Waals surface area contributed by atoms with Gasteiger partial charge in [0.15, 0.2) is 5.16 Å². The van der Waals surface area contributed by atoms with Crippen molar-refractivity contribution < 1.29 is 9.90 Å². The van der Waals surface area contributed by atoms with Gasteiger partial charge in [-0.05, 0) is 39.3 Å². The van der Waals surface area contributed by atoms with Crippen molar-refractivity contribution in [3.63, 3.8) is 0 Å². The summed E-state index contributed by atoms with van der Waals surface area (Å²) in [5.41, 5.74) is 0. The van der Waals surface area contributed by atoms with Crippen LogP contribution >= 0.6 is 11.8 Å². The Bertz CT molecular complexity index is 449. The van der Waals surface area contributed by atoms with E-state index in [0.717, 1.165) is 25.5 Å². The quantitative estimate of drug-likeness (QED) is 0.817. The second-order valence-corrected chi connectivity index (χ2v) is 6.04. The molecule has 19 heavy (non-hydrogen) atoms. The first-order chi connectivity index (χ1) is 9.06. The van der Waals surface area contributed by atoms with Gasteiger partial charge in [-0.25, -0.2) is 0 Å². The predicted octanol–water partition coefficient (Wildman–Crippen LogP) is 1.11. The summed E-state index contributed by atoms with van der Waals surface area (Å²) in [6.45, 7) is 5.05. The molecular weight excluding hydrogens is 264 g/mol. The average Bonchev–Trinajstić information content (AvgIpc) is 2.68. The van der Waals surface area contributed by atoms with Gasteiger partial charge in [-0.2, -0.15) is 0 Å². The van der Waals surface area contributed by atoms with Gasteiger partial charge < -0.3 is 14.6 Å². The number of nitrogens with zero attached hydrogens (tertiary/aromatic N) is 4. The monoisotopic (exact) mass is 284 g/mol. The molecule has 1 aromatic heterocycles. The molecule has 1 unspecified atom stereocenters. The minimum Gasteiger partial charge on any atom is -0.481 e. The molecule has 0 bridgehead atoms. The lowest BCUT2D eigenvalue weighted by Crippen LogP contribution is -2.34. The molecule has 0 amide bonds. The van der Waals surface area contributed by atoms with Crippen LogP contribution in [0.2, 0.25) is 0 Å². The van der Waals surface area contributed by atoms with E-state index < -0.39 is 5.97 Å². The summed E-state index contributed by atoms with van der Waals surface area (Å²) in [4.78, 5) is 13.0. The molecule has 0 aromatic carbocycles. The number of carboxylic acid groups (broad SMARTS) is 1. The molecule has 1 saturated heterocycles. The van der Waals surface area contributed by atoms with Gasteiger partial charge in [0.25, 0.3) is 0 Å². The number of carboxylic acids is 1. The predicted molar refractivity (Wildman–Crippen MR) is 73.3 cm³/mol. The summed E-state index contributed by atoms with van der Waals surface area (Å²) in [5, 5.41) is 17.6. The molecule has 2 heterocycles. The summed E-state index contributed by atoms with van der Waals surface area (Å²) < 4.78 is 2.05. The lowest BCUT2D eigenvalue weighted by molar-refractivity contribution is -0.133. The van der Waals surface area contributed by atoms with E-state index in [1.54, 1.807) is 0 Å². The smallest absolute Gasteiger partial charge is 0.313 e. The molecule has 0 aliphatic carbocycles. The van der Waals surface area contributed by atoms with Crippen LogP contribution < -0.4 is 0 Å². The van der Waals surface area contributed by atoms with Gasteiger partial charge in [0, 0.05) is 13.1 Å². The van der Waals surface area contributed by atoms with Crippen molar-refractivity contribution >= 4 is 17.7 Å². The van der Waals surface area contributed by atoms with Gasteiger partial charge >= 0.3 is 5.97 Å². The number of piperidine rings is 1. The van der Waals surface area contributed by atoms with E-state index in [-0.39, 0.29) is 5.75 Å². The van der Waals surface area contributed by atoms with Crippen molar-refractivity contribution in [3.8, 4) is 0 Å². The first kappa shape index (κ1) is 14.3. The topological polar surface area (TPSA) is 71.2 Å². The third-order valence-corrected chi connectivity index (χ3v) is 4.34. The Balaban J connectivity index is 2.02. The minimum absolute atomic E-state index is 0.0305. The van der Waals surface area contributed by atoms with Crippen LogP contribution in [-0.2, 0) is 11.3 Å². The maximum Gasteiger partial charge on any atom is 0.313 e. The zero-order valence-corrected chi connectivity index (χ0v) is 12.2. The highest BCUT2D eigenvalue weighted by atomic mass is 32.2. The summed E-state index contributed by atoms with van der Waals surface area (Å²) >= 11 is 1.24. The number of aromatic nitrogens is 3. The maximum absolute atomic E-state index is 10.6. The van der Waals surface area contributed by atoms with Crippen molar-refractivity contribution in [2.75, 3.05) is 25.9 Å². The number of hydrogen-bond acceptors (Lipinski definition) is 5. The van der Waals surface area contributed by atoms with Crippen LogP contribution in [0, 0.1) is 12.8 Å². The van der Waals surface area contributed by atoms with Crippen molar-refractivity contribution in [2.45, 2.75) is 31.5 Å². The molecule has 0 radical (unpaired) electrons. The summed E-state index contributed by atoms with van der Waals surface area (Å²) in [5.74, 6) is 0.663. The molecule has 1 fully saturated rings. The van der Waals surface area contributed by atoms with E-state index in [9.17, 15) is 4.79 Å². The number of aryl methyl sites for hydroxylation is 1. The molecule has 1 aromatic rings. The van der Waals surface area contributed by atoms with Gasteiger partial charge in [0.1, 0.15) is 5.82 Å². The third kappa shape index (κ3) is 3.94. The molecule has 1 aliphatic rings. The normalized spacial score (nSPS) is 20.6. The summed E-state index contributed by atoms with van der Waals surface area (Å²) in [6.07, 6.45) is 2.44.